The number of rotatable bonds is 4. The molecule has 3 aromatic heterocycles. The van der Waals surface area contributed by atoms with Crippen LogP contribution in [0, 0.1) is 0 Å². The van der Waals surface area contributed by atoms with E-state index in [1.54, 1.807) is 0 Å². The molecule has 3 heterocycles. The summed E-state index contributed by atoms with van der Waals surface area (Å²) in [6.45, 7) is 0. The number of furan rings is 2. The van der Waals surface area contributed by atoms with Gasteiger partial charge in [0.1, 0.15) is 16.7 Å². The van der Waals surface area contributed by atoms with Crippen molar-refractivity contribution in [2.24, 2.45) is 0 Å². The molecule has 3 nitrogen and oxygen atoms in total. The lowest BCUT2D eigenvalue weighted by atomic mass is 10.0. The van der Waals surface area contributed by atoms with Crippen molar-refractivity contribution in [3.63, 3.8) is 0 Å². The fraction of sp³-hybridized carbons (Fsp3) is 0. The minimum atomic E-state index is 0.850. The van der Waals surface area contributed by atoms with Gasteiger partial charge in [-0.05, 0) is 65.0 Å². The van der Waals surface area contributed by atoms with E-state index in [0.717, 1.165) is 71.7 Å². The molecule has 0 atom stereocenters. The van der Waals surface area contributed by atoms with Crippen LogP contribution >= 0.6 is 11.3 Å². The lowest BCUT2D eigenvalue weighted by Gasteiger charge is -2.26. The van der Waals surface area contributed by atoms with Crippen LogP contribution in [0.1, 0.15) is 0 Å². The highest BCUT2D eigenvalue weighted by atomic mass is 32.1. The van der Waals surface area contributed by atoms with Crippen molar-refractivity contribution < 1.29 is 8.83 Å². The summed E-state index contributed by atoms with van der Waals surface area (Å²) in [6.07, 6.45) is 0. The average Bonchev–Trinajstić information content (AvgIpc) is 3.87. The van der Waals surface area contributed by atoms with E-state index >= 15 is 0 Å². The van der Waals surface area contributed by atoms with Crippen molar-refractivity contribution in [3.8, 4) is 11.1 Å². The first-order valence-corrected chi connectivity index (χ1v) is 17.7. The Kier molecular flexibility index (Phi) is 5.83. The third kappa shape index (κ3) is 3.97. The quantitative estimate of drug-likeness (QED) is 0.189. The monoisotopic (exact) mass is 657 g/mol. The summed E-state index contributed by atoms with van der Waals surface area (Å²) in [5.74, 6) is 0. The molecule has 4 heteroatoms. The largest absolute Gasteiger partial charge is 0.456 e. The zero-order valence-electron chi connectivity index (χ0n) is 26.8. The van der Waals surface area contributed by atoms with Crippen LogP contribution in [0.5, 0.6) is 0 Å². The van der Waals surface area contributed by atoms with Gasteiger partial charge in [0.25, 0.3) is 0 Å². The SMILES string of the molecule is c1ccc2c(c1)ccc1c3cccc(N(c4ccc(-c5cccc6c5sc5ccccc56)cc4)c4cccc5oc6ccccc6c45)c3oc21. The summed E-state index contributed by atoms with van der Waals surface area (Å²) in [5, 5.41) is 9.24. The van der Waals surface area contributed by atoms with Gasteiger partial charge in [0.2, 0.25) is 0 Å². The third-order valence-electron chi connectivity index (χ3n) is 10.1. The maximum atomic E-state index is 6.91. The van der Waals surface area contributed by atoms with Gasteiger partial charge >= 0.3 is 0 Å². The van der Waals surface area contributed by atoms with E-state index in [0.29, 0.717) is 0 Å². The van der Waals surface area contributed by atoms with Gasteiger partial charge in [0.15, 0.2) is 5.58 Å². The molecule has 50 heavy (non-hydrogen) atoms. The van der Waals surface area contributed by atoms with E-state index in [2.05, 4.69) is 157 Å². The molecule has 0 aliphatic carbocycles. The van der Waals surface area contributed by atoms with Crippen molar-refractivity contribution >= 4 is 103 Å². The molecule has 11 aromatic rings. The van der Waals surface area contributed by atoms with Crippen molar-refractivity contribution in [1.29, 1.82) is 0 Å². The van der Waals surface area contributed by atoms with Crippen LogP contribution in [0.4, 0.5) is 17.1 Å². The lowest BCUT2D eigenvalue weighted by Crippen LogP contribution is -2.10. The molecule has 234 valence electrons. The molecule has 0 aliphatic heterocycles. The number of hydrogen-bond donors (Lipinski definition) is 0. The molecular formula is C46H27NO2S. The molecule has 0 fully saturated rings. The van der Waals surface area contributed by atoms with E-state index in [9.17, 15) is 0 Å². The van der Waals surface area contributed by atoms with Crippen LogP contribution in [0.2, 0.25) is 0 Å². The van der Waals surface area contributed by atoms with Crippen LogP contribution in [-0.4, -0.2) is 0 Å². The number of para-hydroxylation sites is 2. The summed E-state index contributed by atoms with van der Waals surface area (Å²) in [6, 6.07) is 58.2. The highest BCUT2D eigenvalue weighted by Crippen LogP contribution is 2.48. The number of benzene rings is 8. The second-order valence-corrected chi connectivity index (χ2v) is 13.9. The highest BCUT2D eigenvalue weighted by Gasteiger charge is 2.23. The topological polar surface area (TPSA) is 29.5 Å². The Morgan fingerprint density at radius 3 is 2.02 bits per heavy atom. The summed E-state index contributed by atoms with van der Waals surface area (Å²) in [7, 11) is 0. The van der Waals surface area contributed by atoms with Crippen molar-refractivity contribution in [3.05, 3.63) is 164 Å². The Bertz CT molecular complexity index is 3110. The van der Waals surface area contributed by atoms with Crippen LogP contribution in [-0.2, 0) is 0 Å². The maximum Gasteiger partial charge on any atom is 0.159 e. The van der Waals surface area contributed by atoms with Crippen molar-refractivity contribution in [2.45, 2.75) is 0 Å². The summed E-state index contributed by atoms with van der Waals surface area (Å²) in [5.41, 5.74) is 8.95. The second kappa shape index (κ2) is 10.6. The molecule has 8 aromatic carbocycles. The zero-order chi connectivity index (χ0) is 32.8. The van der Waals surface area contributed by atoms with Gasteiger partial charge in [-0.3, -0.25) is 0 Å². The zero-order valence-corrected chi connectivity index (χ0v) is 27.6. The van der Waals surface area contributed by atoms with Gasteiger partial charge in [0.05, 0.1) is 16.8 Å². The third-order valence-corrected chi connectivity index (χ3v) is 11.3. The molecule has 0 spiro atoms. The van der Waals surface area contributed by atoms with Crippen molar-refractivity contribution in [1.82, 2.24) is 0 Å². The smallest absolute Gasteiger partial charge is 0.159 e. The van der Waals surface area contributed by atoms with Gasteiger partial charge < -0.3 is 13.7 Å². The Morgan fingerprint density at radius 2 is 1.10 bits per heavy atom. The molecule has 11 rings (SSSR count). The number of thiophene rings is 1. The molecule has 0 saturated carbocycles. The molecular weight excluding hydrogens is 631 g/mol. The number of anilines is 3. The van der Waals surface area contributed by atoms with Gasteiger partial charge in [-0.2, -0.15) is 0 Å². The van der Waals surface area contributed by atoms with E-state index < -0.39 is 0 Å². The number of nitrogens with zero attached hydrogens (tertiary/aromatic N) is 1. The van der Waals surface area contributed by atoms with Crippen LogP contribution in [0.15, 0.2) is 173 Å². The predicted octanol–water partition coefficient (Wildman–Crippen LogP) is 14.1. The molecule has 0 bridgehead atoms. The Balaban J connectivity index is 1.16. The minimum Gasteiger partial charge on any atom is -0.456 e. The average molecular weight is 658 g/mol. The Hall–Kier alpha value is -6.36. The first kappa shape index (κ1) is 27.6. The fourth-order valence-corrected chi connectivity index (χ4v) is 9.04. The summed E-state index contributed by atoms with van der Waals surface area (Å²) in [4.78, 5) is 2.33. The molecule has 0 aliphatic rings. The minimum absolute atomic E-state index is 0.850. The van der Waals surface area contributed by atoms with E-state index in [-0.39, 0.29) is 0 Å². The first-order valence-electron chi connectivity index (χ1n) is 16.8. The van der Waals surface area contributed by atoms with Gasteiger partial charge in [-0.15, -0.1) is 11.3 Å². The molecule has 0 N–H and O–H groups in total. The number of hydrogen-bond acceptors (Lipinski definition) is 4. The second-order valence-electron chi connectivity index (χ2n) is 12.8. The Labute approximate surface area is 290 Å². The summed E-state index contributed by atoms with van der Waals surface area (Å²) >= 11 is 1.86. The molecule has 0 unspecified atom stereocenters. The molecule has 0 amide bonds. The summed E-state index contributed by atoms with van der Waals surface area (Å²) < 4.78 is 15.9. The highest BCUT2D eigenvalue weighted by molar-refractivity contribution is 7.26. The fourth-order valence-electron chi connectivity index (χ4n) is 7.80. The lowest BCUT2D eigenvalue weighted by molar-refractivity contribution is 0.668. The van der Waals surface area contributed by atoms with Gasteiger partial charge in [-0.25, -0.2) is 0 Å². The Morgan fingerprint density at radius 1 is 0.420 bits per heavy atom. The predicted molar refractivity (Wildman–Crippen MR) is 212 cm³/mol. The molecule has 0 radical (unpaired) electrons. The van der Waals surface area contributed by atoms with E-state index in [4.69, 9.17) is 8.83 Å². The number of fused-ring (bicyclic) bond motifs is 11. The maximum absolute atomic E-state index is 6.91. The first-order chi connectivity index (χ1) is 24.8. The van der Waals surface area contributed by atoms with Crippen LogP contribution in [0.3, 0.4) is 0 Å². The van der Waals surface area contributed by atoms with E-state index in [1.807, 2.05) is 23.5 Å². The van der Waals surface area contributed by atoms with Gasteiger partial charge in [0, 0.05) is 47.4 Å². The van der Waals surface area contributed by atoms with Crippen LogP contribution in [0.25, 0.3) is 85.9 Å². The molecule has 0 saturated heterocycles. The van der Waals surface area contributed by atoms with E-state index in [1.165, 1.54) is 31.3 Å². The normalized spacial score (nSPS) is 12.0. The van der Waals surface area contributed by atoms with Gasteiger partial charge in [-0.1, -0.05) is 115 Å². The standard InChI is InChI=1S/C46H27NO2S/c1-2-11-31-28(10-1)24-27-35-34-15-8-18-39(45(34)49-44(31)35)47(38-17-9-20-41-43(38)37-13-3-5-19-40(37)48-41)30-25-22-29(23-26-30)32-14-7-16-36-33-12-4-6-21-42(33)50-46(32)36/h1-27H. The van der Waals surface area contributed by atoms with Crippen molar-refractivity contribution in [2.75, 3.05) is 4.90 Å². The van der Waals surface area contributed by atoms with Crippen LogP contribution < -0.4 is 4.90 Å².